The van der Waals surface area contributed by atoms with Gasteiger partial charge in [0.05, 0.1) is 16.6 Å². The smallest absolute Gasteiger partial charge is 0.410 e. The van der Waals surface area contributed by atoms with Crippen LogP contribution in [-0.2, 0) is 9.47 Å². The number of anilines is 1. The second-order valence-electron chi connectivity index (χ2n) is 40.0. The van der Waals surface area contributed by atoms with E-state index in [2.05, 4.69) is 75.5 Å². The summed E-state index contributed by atoms with van der Waals surface area (Å²) in [5, 5.41) is 9.93. The number of carbonyl (C=O) groups excluding carboxylic acids is 5. The number of fused-ring (bicyclic) bond motifs is 7. The van der Waals surface area contributed by atoms with Crippen molar-refractivity contribution in [3.8, 4) is 0 Å². The Morgan fingerprint density at radius 1 is 0.347 bits per heavy atom. The summed E-state index contributed by atoms with van der Waals surface area (Å²) in [7, 11) is 0. The molecule has 121 heavy (non-hydrogen) atoms. The van der Waals surface area contributed by atoms with Crippen molar-refractivity contribution in [2.45, 2.75) is 194 Å². The molecule has 8 saturated heterocycles. The molecule has 18 nitrogen and oxygen atoms in total. The average Bonchev–Trinajstić information content (AvgIpc) is 1.06. The van der Waals surface area contributed by atoms with E-state index in [9.17, 15) is 24.0 Å². The van der Waals surface area contributed by atoms with Gasteiger partial charge >= 0.3 is 12.2 Å². The third kappa shape index (κ3) is 25.1. The van der Waals surface area contributed by atoms with Crippen LogP contribution in [0.4, 0.5) is 15.3 Å². The first kappa shape index (κ1) is 91.5. The van der Waals surface area contributed by atoms with Crippen LogP contribution in [0.2, 0.25) is 0 Å². The Morgan fingerprint density at radius 2 is 0.686 bits per heavy atom. The number of nitrogens with zero attached hydrogens (tertiary/aromatic N) is 9. The number of aromatic nitrogens is 3. The lowest BCUT2D eigenvalue weighted by Crippen LogP contribution is -2.41. The van der Waals surface area contributed by atoms with Gasteiger partial charge in [0.1, 0.15) is 11.2 Å². The van der Waals surface area contributed by atoms with Crippen LogP contribution < -0.4 is 15.5 Å². The predicted molar refractivity (Wildman–Crippen MR) is 492 cm³/mol. The lowest BCUT2D eigenvalue weighted by molar-refractivity contribution is 0.0274. The minimum Gasteiger partial charge on any atom is -0.444 e. The summed E-state index contributed by atoms with van der Waals surface area (Å²) in [5.41, 5.74) is 5.84. The molecule has 3 aromatic heterocycles. The van der Waals surface area contributed by atoms with Gasteiger partial charge in [0, 0.05) is 135 Å². The summed E-state index contributed by atoms with van der Waals surface area (Å²) in [4.78, 5) is 91.3. The summed E-state index contributed by atoms with van der Waals surface area (Å²) in [6.45, 7) is 33.1. The van der Waals surface area contributed by atoms with Gasteiger partial charge in [-0.3, -0.25) is 29.3 Å². The van der Waals surface area contributed by atoms with Crippen LogP contribution >= 0.6 is 24.8 Å². The lowest BCUT2D eigenvalue weighted by atomic mass is 9.78. The number of Topliss-reactive ketones (excluding diaryl/α,β-unsaturated/α-hetero) is 3. The van der Waals surface area contributed by atoms with Crippen molar-refractivity contribution in [3.05, 3.63) is 157 Å². The van der Waals surface area contributed by atoms with E-state index in [1.165, 1.54) is 180 Å². The van der Waals surface area contributed by atoms with Crippen molar-refractivity contribution in [2.24, 2.45) is 82.9 Å². The molecule has 11 aliphatic rings. The summed E-state index contributed by atoms with van der Waals surface area (Å²) in [6, 6.07) is 40.5. The zero-order chi connectivity index (χ0) is 82.4. The fourth-order valence-electron chi connectivity index (χ4n) is 22.5. The molecule has 2 N–H and O–H groups in total. The molecule has 0 bridgehead atoms. The summed E-state index contributed by atoms with van der Waals surface area (Å²) >= 11 is 0. The number of pyridine rings is 3. The topological polar surface area (TPSA) is 186 Å². The number of benzene rings is 4. The number of rotatable bonds is 19. The zero-order valence-corrected chi connectivity index (χ0v) is 75.2. The van der Waals surface area contributed by atoms with Crippen molar-refractivity contribution < 1.29 is 33.4 Å². The SMILES string of the molecule is CC(C)(C)OC(=O)N1C[C@@H]2CCN(CCC3CCC(CC(=O)c4cccc5ncccc45)CC3)C[C@H]2C1.CC(C)(C)OC(=O)N1C[C@@H]2CCNC[C@H]2C1.Cl.Cl.O=C(CC1CCC(CCN2CC[C@H]3CN(c4ccccc4)C[C@@H]3C2)CC1)c1cccc2ncccc12.O=C(CC1CCC(CCN2CC[C@H]3CNC[C@@H]3C2)CC1)c1cccc2ncccc12. The monoisotopic (exact) mass is 1690 g/mol. The minimum absolute atomic E-state index is 0. The first-order chi connectivity index (χ1) is 57.7. The van der Waals surface area contributed by atoms with E-state index < -0.39 is 5.60 Å². The lowest BCUT2D eigenvalue weighted by Gasteiger charge is -2.36. The highest BCUT2D eigenvalue weighted by molar-refractivity contribution is 6.09. The molecule has 18 rings (SSSR count). The van der Waals surface area contributed by atoms with Crippen LogP contribution in [0.25, 0.3) is 32.7 Å². The normalized spacial score (nSPS) is 27.5. The van der Waals surface area contributed by atoms with Gasteiger partial charge in [-0.15, -0.1) is 24.8 Å². The predicted octanol–water partition coefficient (Wildman–Crippen LogP) is 19.5. The van der Waals surface area contributed by atoms with Gasteiger partial charge in [-0.1, -0.05) is 111 Å². The molecule has 0 radical (unpaired) electrons. The fourth-order valence-corrected chi connectivity index (χ4v) is 22.5. The van der Waals surface area contributed by atoms with E-state index in [1.54, 1.807) is 18.6 Å². The third-order valence-corrected chi connectivity index (χ3v) is 29.4. The van der Waals surface area contributed by atoms with Gasteiger partial charge in [-0.25, -0.2) is 9.59 Å². The molecule has 11 heterocycles. The van der Waals surface area contributed by atoms with Gasteiger partial charge in [-0.2, -0.15) is 0 Å². The molecule has 3 aliphatic carbocycles. The van der Waals surface area contributed by atoms with E-state index in [4.69, 9.17) is 9.47 Å². The highest BCUT2D eigenvalue weighted by Crippen LogP contribution is 2.41. The van der Waals surface area contributed by atoms with Crippen molar-refractivity contribution in [1.82, 2.24) is 50.1 Å². The molecule has 656 valence electrons. The number of hydrogen-bond acceptors (Lipinski definition) is 16. The quantitative estimate of drug-likeness (QED) is 0.0728. The molecule has 3 saturated carbocycles. The largest absolute Gasteiger partial charge is 0.444 e. The summed E-state index contributed by atoms with van der Waals surface area (Å²) in [6.07, 6.45) is 31.0. The van der Waals surface area contributed by atoms with Crippen LogP contribution in [0.3, 0.4) is 0 Å². The molecule has 11 fully saturated rings. The Labute approximate surface area is 734 Å². The van der Waals surface area contributed by atoms with E-state index in [-0.39, 0.29) is 48.4 Å². The van der Waals surface area contributed by atoms with Crippen LogP contribution in [0.5, 0.6) is 0 Å². The molecule has 2 amide bonds. The number of ketones is 3. The molecular formula is C101H141Cl2N11O7. The minimum atomic E-state index is -0.434. The zero-order valence-electron chi connectivity index (χ0n) is 73.6. The molecule has 0 unspecified atom stereocenters. The molecule has 8 atom stereocenters. The number of carbonyl (C=O) groups is 5. The van der Waals surface area contributed by atoms with Crippen LogP contribution in [0.15, 0.2) is 140 Å². The van der Waals surface area contributed by atoms with Gasteiger partial charge in [0.15, 0.2) is 17.3 Å². The Hall–Kier alpha value is -7.16. The average molecular weight is 1690 g/mol. The number of piperidine rings is 4. The summed E-state index contributed by atoms with van der Waals surface area (Å²) in [5.74, 6) is 10.9. The number of ether oxygens (including phenoxy) is 2. The number of amides is 2. The van der Waals surface area contributed by atoms with E-state index >= 15 is 0 Å². The first-order valence-corrected chi connectivity index (χ1v) is 46.6. The third-order valence-electron chi connectivity index (χ3n) is 29.4. The summed E-state index contributed by atoms with van der Waals surface area (Å²) < 4.78 is 11.0. The fraction of sp³-hybridized carbons (Fsp3) is 0.624. The Balaban J connectivity index is 0.000000143. The Morgan fingerprint density at radius 3 is 1.11 bits per heavy atom. The van der Waals surface area contributed by atoms with E-state index in [0.29, 0.717) is 72.3 Å². The van der Waals surface area contributed by atoms with Gasteiger partial charge in [0.25, 0.3) is 0 Å². The number of nitrogens with one attached hydrogen (secondary N) is 2. The van der Waals surface area contributed by atoms with E-state index in [1.807, 2.05) is 142 Å². The Kier molecular flexibility index (Phi) is 32.6. The molecule has 4 aromatic carbocycles. The molecule has 8 aliphatic heterocycles. The maximum absolute atomic E-state index is 13.1. The van der Waals surface area contributed by atoms with Crippen molar-refractivity contribution in [1.29, 1.82) is 0 Å². The van der Waals surface area contributed by atoms with Crippen LogP contribution in [-0.4, -0.2) is 205 Å². The van der Waals surface area contributed by atoms with Gasteiger partial charge < -0.3 is 49.5 Å². The van der Waals surface area contributed by atoms with Crippen molar-refractivity contribution in [3.63, 3.8) is 0 Å². The van der Waals surface area contributed by atoms with E-state index in [0.717, 1.165) is 163 Å². The van der Waals surface area contributed by atoms with Crippen LogP contribution in [0, 0.1) is 82.9 Å². The van der Waals surface area contributed by atoms with Gasteiger partial charge in [-0.05, 0) is 322 Å². The molecular weight excluding hydrogens is 1550 g/mol. The molecule has 0 spiro atoms. The van der Waals surface area contributed by atoms with Crippen molar-refractivity contribution >= 4 is 92.7 Å². The second-order valence-corrected chi connectivity index (χ2v) is 40.0. The second kappa shape index (κ2) is 43.2. The highest BCUT2D eigenvalue weighted by Gasteiger charge is 2.43. The number of hydrogen-bond donors (Lipinski definition) is 2. The van der Waals surface area contributed by atoms with Gasteiger partial charge in [0.2, 0.25) is 0 Å². The Bertz CT molecular complexity index is 4470. The first-order valence-electron chi connectivity index (χ1n) is 46.6. The maximum atomic E-state index is 13.1. The number of halogens is 2. The van der Waals surface area contributed by atoms with Crippen LogP contribution in [0.1, 0.15) is 214 Å². The van der Waals surface area contributed by atoms with Crippen molar-refractivity contribution in [2.75, 3.05) is 129 Å². The highest BCUT2D eigenvalue weighted by atomic mass is 35.5. The maximum Gasteiger partial charge on any atom is 0.410 e. The molecule has 20 heteroatoms. The number of para-hydroxylation sites is 1. The number of likely N-dealkylation sites (tertiary alicyclic amines) is 5. The standard InChI is InChI=1S/C32H39N3O.C31H43N3O3.C26H35N3O.C12H22N2O2.2ClH/c36-32(30-8-4-10-31-29(30)9-5-17-33-31)20-25-13-11-24(12-14-25)15-18-34-19-16-26-22-35(23-27(26)21-34)28-6-2-1-3-7-28;1-31(2,3)37-30(36)34-20-24-14-17-33(19-25(24)21-34)16-13-22-9-11-23(12-10-22)18-29(35)27-6-4-8-28-26(27)7-5-15-32-28;30-26(24-3-1-5-25-23(24)4-2-12-28-25)15-20-8-6-19(7-9-20)10-13-29-14-11-21-16-27-17-22(21)18-29;1-12(2,3)16-11(15)14-7-9-4-5-13-6-10(9)8-14;;/h1-10,17,24-27H,11-16,18-23H2;4-8,15,22-25H,9-14,16-21H2,1-3H3;1-5,12,19-22,27H,6-11,13-18H2;9-10,13H,4-8H2,1-3H3;2*1H/t24?,25?,26-,27-;22?,23?,24-,25-;19?,20?,21-,22+;9-,10-;;/m0000../s1. The molecule has 7 aromatic rings.